The van der Waals surface area contributed by atoms with Crippen molar-refractivity contribution < 1.29 is 9.53 Å². The molecule has 0 aromatic carbocycles. The van der Waals surface area contributed by atoms with Crippen molar-refractivity contribution in [3.05, 3.63) is 0 Å². The molecule has 0 amide bonds. The molecule has 0 saturated carbocycles. The van der Waals surface area contributed by atoms with Gasteiger partial charge in [0.25, 0.3) is 0 Å². The van der Waals surface area contributed by atoms with Gasteiger partial charge in [-0.3, -0.25) is 4.79 Å². The fourth-order valence-corrected chi connectivity index (χ4v) is 1.50. The highest BCUT2D eigenvalue weighted by Crippen LogP contribution is 2.23. The van der Waals surface area contributed by atoms with Gasteiger partial charge in [-0.25, -0.2) is 0 Å². The summed E-state index contributed by atoms with van der Waals surface area (Å²) in [7, 11) is 0. The third kappa shape index (κ3) is 5.72. The number of unbranched alkanes of at least 4 members (excludes halogenated alkanes) is 3. The summed E-state index contributed by atoms with van der Waals surface area (Å²) in [6.45, 7) is 7.54. The Balaban J connectivity index is 4.00. The van der Waals surface area contributed by atoms with Crippen LogP contribution in [0.15, 0.2) is 0 Å². The second kappa shape index (κ2) is 8.11. The van der Waals surface area contributed by atoms with Gasteiger partial charge in [-0.05, 0) is 33.1 Å². The van der Waals surface area contributed by atoms with E-state index in [4.69, 9.17) is 10.00 Å². The van der Waals surface area contributed by atoms with Crippen molar-refractivity contribution in [2.45, 2.75) is 72.3 Å². The van der Waals surface area contributed by atoms with Crippen LogP contribution in [0.4, 0.5) is 0 Å². The molecule has 0 rings (SSSR count). The summed E-state index contributed by atoms with van der Waals surface area (Å²) in [5, 5.41) is 8.96. The first-order valence-corrected chi connectivity index (χ1v) is 6.62. The average molecular weight is 239 g/mol. The van der Waals surface area contributed by atoms with Gasteiger partial charge in [0.1, 0.15) is 0 Å². The van der Waals surface area contributed by atoms with Crippen LogP contribution in [0.3, 0.4) is 0 Å². The topological polar surface area (TPSA) is 50.1 Å². The molecule has 3 heteroatoms. The zero-order valence-corrected chi connectivity index (χ0v) is 11.6. The molecule has 0 bridgehead atoms. The lowest BCUT2D eigenvalue weighted by Crippen LogP contribution is -2.30. The summed E-state index contributed by atoms with van der Waals surface area (Å²) in [5.74, 6) is -0.384. The maximum Gasteiger partial charge on any atom is 0.326 e. The Labute approximate surface area is 105 Å². The Hall–Kier alpha value is -1.04. The van der Waals surface area contributed by atoms with E-state index >= 15 is 0 Å². The van der Waals surface area contributed by atoms with E-state index in [0.717, 1.165) is 12.8 Å². The Morgan fingerprint density at radius 3 is 2.47 bits per heavy atom. The van der Waals surface area contributed by atoms with Gasteiger partial charge in [-0.1, -0.05) is 33.1 Å². The van der Waals surface area contributed by atoms with E-state index in [0.29, 0.717) is 6.42 Å². The number of hydrogen-bond acceptors (Lipinski definition) is 3. The van der Waals surface area contributed by atoms with Crippen LogP contribution < -0.4 is 0 Å². The molecule has 0 aliphatic rings. The molecule has 0 saturated heterocycles. The second-order valence-electron chi connectivity index (χ2n) is 4.86. The summed E-state index contributed by atoms with van der Waals surface area (Å²) in [6, 6.07) is 2.04. The first-order chi connectivity index (χ1) is 8.00. The van der Waals surface area contributed by atoms with Crippen LogP contribution in [-0.4, -0.2) is 12.1 Å². The molecular weight excluding hydrogens is 214 g/mol. The Bertz CT molecular complexity index is 270. The first-order valence-electron chi connectivity index (χ1n) is 6.62. The monoisotopic (exact) mass is 239 g/mol. The maximum absolute atomic E-state index is 11.8. The highest BCUT2D eigenvalue weighted by molar-refractivity contribution is 5.79. The third-order valence-electron chi connectivity index (χ3n) is 3.18. The van der Waals surface area contributed by atoms with Gasteiger partial charge in [0, 0.05) is 0 Å². The molecule has 0 N–H and O–H groups in total. The van der Waals surface area contributed by atoms with Crippen LogP contribution in [0.2, 0.25) is 0 Å². The maximum atomic E-state index is 11.8. The van der Waals surface area contributed by atoms with E-state index in [2.05, 4.69) is 6.92 Å². The number of nitriles is 1. The molecular formula is C14H25NO2. The molecule has 17 heavy (non-hydrogen) atoms. The smallest absolute Gasteiger partial charge is 0.326 e. The number of ether oxygens (including phenoxy) is 1. The average Bonchev–Trinajstić information content (AvgIpc) is 2.33. The molecule has 0 aromatic heterocycles. The van der Waals surface area contributed by atoms with Gasteiger partial charge in [-0.15, -0.1) is 0 Å². The van der Waals surface area contributed by atoms with Crippen LogP contribution in [0.1, 0.15) is 66.2 Å². The number of hydrogen-bond donors (Lipinski definition) is 0. The predicted octanol–water partition coefficient (Wildman–Crippen LogP) is 3.83. The summed E-state index contributed by atoms with van der Waals surface area (Å²) < 4.78 is 5.32. The second-order valence-corrected chi connectivity index (χ2v) is 4.86. The van der Waals surface area contributed by atoms with E-state index in [1.807, 2.05) is 19.9 Å². The van der Waals surface area contributed by atoms with Gasteiger partial charge < -0.3 is 4.74 Å². The summed E-state index contributed by atoms with van der Waals surface area (Å²) in [4.78, 5) is 11.8. The van der Waals surface area contributed by atoms with E-state index in [9.17, 15) is 4.79 Å². The summed E-state index contributed by atoms with van der Waals surface area (Å²) >= 11 is 0. The van der Waals surface area contributed by atoms with Crippen molar-refractivity contribution in [1.82, 2.24) is 0 Å². The quantitative estimate of drug-likeness (QED) is 0.478. The number of carbonyl (C=O) groups is 1. The van der Waals surface area contributed by atoms with Crippen molar-refractivity contribution >= 4 is 5.97 Å². The minimum absolute atomic E-state index is 0.0846. The van der Waals surface area contributed by atoms with Crippen LogP contribution in [0.25, 0.3) is 0 Å². The van der Waals surface area contributed by atoms with Crippen LogP contribution in [0.5, 0.6) is 0 Å². The molecule has 0 aliphatic heterocycles. The van der Waals surface area contributed by atoms with Crippen molar-refractivity contribution in [2.75, 3.05) is 0 Å². The lowest BCUT2D eigenvalue weighted by Gasteiger charge is -2.21. The molecule has 0 aliphatic carbocycles. The Morgan fingerprint density at radius 2 is 2.00 bits per heavy atom. The van der Waals surface area contributed by atoms with Crippen molar-refractivity contribution in [2.24, 2.45) is 5.41 Å². The zero-order valence-electron chi connectivity index (χ0n) is 11.6. The predicted molar refractivity (Wildman–Crippen MR) is 68.3 cm³/mol. The Morgan fingerprint density at radius 1 is 1.35 bits per heavy atom. The summed E-state index contributed by atoms with van der Waals surface area (Å²) in [5.41, 5.74) is -0.988. The van der Waals surface area contributed by atoms with Gasteiger partial charge in [0.15, 0.2) is 5.41 Å². The molecule has 98 valence electrons. The largest absolute Gasteiger partial charge is 0.461 e. The standard InChI is InChI=1S/C14H25NO2/c1-5-7-8-9-10-12(3)17-13(16)14(4,6-2)11-15/h12H,5-10H2,1-4H3. The molecule has 0 radical (unpaired) electrons. The van der Waals surface area contributed by atoms with Crippen molar-refractivity contribution in [3.63, 3.8) is 0 Å². The highest BCUT2D eigenvalue weighted by Gasteiger charge is 2.33. The lowest BCUT2D eigenvalue weighted by molar-refractivity contribution is -0.156. The first kappa shape index (κ1) is 16.0. The minimum atomic E-state index is -0.988. The van der Waals surface area contributed by atoms with Crippen LogP contribution >= 0.6 is 0 Å². The van der Waals surface area contributed by atoms with E-state index in [1.165, 1.54) is 19.3 Å². The molecule has 2 unspecified atom stereocenters. The zero-order chi connectivity index (χ0) is 13.3. The van der Waals surface area contributed by atoms with Crippen LogP contribution in [-0.2, 0) is 9.53 Å². The van der Waals surface area contributed by atoms with Crippen molar-refractivity contribution in [3.8, 4) is 6.07 Å². The number of carbonyl (C=O) groups excluding carboxylic acids is 1. The summed E-state index contributed by atoms with van der Waals surface area (Å²) in [6.07, 6.45) is 5.99. The third-order valence-corrected chi connectivity index (χ3v) is 3.18. The molecule has 0 heterocycles. The Kier molecular flexibility index (Phi) is 7.61. The molecule has 2 atom stereocenters. The number of rotatable bonds is 8. The van der Waals surface area contributed by atoms with Gasteiger partial charge in [-0.2, -0.15) is 5.26 Å². The SMILES string of the molecule is CCCCCCC(C)OC(=O)C(C)(C#N)CC. The molecule has 0 aromatic rings. The van der Waals surface area contributed by atoms with Gasteiger partial charge in [0.05, 0.1) is 12.2 Å². The number of esters is 1. The van der Waals surface area contributed by atoms with E-state index < -0.39 is 5.41 Å². The van der Waals surface area contributed by atoms with Crippen molar-refractivity contribution in [1.29, 1.82) is 5.26 Å². The van der Waals surface area contributed by atoms with Crippen LogP contribution in [0, 0.1) is 16.7 Å². The number of nitrogens with zero attached hydrogens (tertiary/aromatic N) is 1. The normalized spacial score (nSPS) is 15.7. The highest BCUT2D eigenvalue weighted by atomic mass is 16.5. The lowest BCUT2D eigenvalue weighted by atomic mass is 9.90. The van der Waals surface area contributed by atoms with E-state index in [-0.39, 0.29) is 12.1 Å². The molecule has 0 fully saturated rings. The molecule has 0 spiro atoms. The van der Waals surface area contributed by atoms with E-state index in [1.54, 1.807) is 6.92 Å². The van der Waals surface area contributed by atoms with Gasteiger partial charge in [0.2, 0.25) is 0 Å². The fraction of sp³-hybridized carbons (Fsp3) is 0.857. The van der Waals surface area contributed by atoms with Gasteiger partial charge >= 0.3 is 5.97 Å². The minimum Gasteiger partial charge on any atom is -0.461 e. The fourth-order valence-electron chi connectivity index (χ4n) is 1.50. The molecule has 3 nitrogen and oxygen atoms in total.